The van der Waals surface area contributed by atoms with Gasteiger partial charge in [-0.05, 0) is 12.5 Å². The van der Waals surface area contributed by atoms with Crippen molar-refractivity contribution >= 4 is 5.91 Å². The van der Waals surface area contributed by atoms with E-state index in [9.17, 15) is 9.90 Å². The number of carbonyl (C=O) groups excluding carboxylic acids is 1. The minimum atomic E-state index is -0.887. The van der Waals surface area contributed by atoms with Crippen LogP contribution in [0.25, 0.3) is 0 Å². The van der Waals surface area contributed by atoms with Crippen molar-refractivity contribution in [2.75, 3.05) is 19.8 Å². The molecule has 1 aliphatic rings. The normalized spacial score (nSPS) is 23.0. The molecule has 1 aromatic carbocycles. The van der Waals surface area contributed by atoms with Gasteiger partial charge in [-0.15, -0.1) is 0 Å². The van der Waals surface area contributed by atoms with E-state index in [1.165, 1.54) is 0 Å². The SMILES string of the molecule is Cc1cccc(CC(=O)NC[C@@]2(O)CCOC2)c1. The first-order chi connectivity index (χ1) is 8.57. The molecule has 0 bridgehead atoms. The Hall–Kier alpha value is -1.39. The summed E-state index contributed by atoms with van der Waals surface area (Å²) in [4.78, 5) is 11.8. The Kier molecular flexibility index (Phi) is 3.99. The predicted octanol–water partition coefficient (Wildman–Crippen LogP) is 0.805. The first kappa shape index (κ1) is 13.1. The molecule has 98 valence electrons. The minimum absolute atomic E-state index is 0.0686. The van der Waals surface area contributed by atoms with Crippen LogP contribution in [0.5, 0.6) is 0 Å². The molecule has 0 aliphatic carbocycles. The maximum Gasteiger partial charge on any atom is 0.224 e. The van der Waals surface area contributed by atoms with Gasteiger partial charge in [0.2, 0.25) is 5.91 Å². The topological polar surface area (TPSA) is 58.6 Å². The van der Waals surface area contributed by atoms with Gasteiger partial charge in [0.25, 0.3) is 0 Å². The largest absolute Gasteiger partial charge is 0.386 e. The molecular weight excluding hydrogens is 230 g/mol. The lowest BCUT2D eigenvalue weighted by Gasteiger charge is -2.20. The third-order valence-corrected chi connectivity index (χ3v) is 3.14. The summed E-state index contributed by atoms with van der Waals surface area (Å²) in [6.07, 6.45) is 0.927. The van der Waals surface area contributed by atoms with Crippen LogP contribution in [0.15, 0.2) is 24.3 Å². The van der Waals surface area contributed by atoms with E-state index in [1.54, 1.807) is 0 Å². The fourth-order valence-corrected chi connectivity index (χ4v) is 2.07. The number of nitrogens with one attached hydrogen (secondary N) is 1. The van der Waals surface area contributed by atoms with E-state index in [-0.39, 0.29) is 12.5 Å². The minimum Gasteiger partial charge on any atom is -0.386 e. The monoisotopic (exact) mass is 249 g/mol. The smallest absolute Gasteiger partial charge is 0.224 e. The summed E-state index contributed by atoms with van der Waals surface area (Å²) in [5.74, 6) is -0.0686. The van der Waals surface area contributed by atoms with Gasteiger partial charge in [0, 0.05) is 19.6 Å². The fourth-order valence-electron chi connectivity index (χ4n) is 2.07. The van der Waals surface area contributed by atoms with Gasteiger partial charge in [-0.3, -0.25) is 4.79 Å². The first-order valence-electron chi connectivity index (χ1n) is 6.20. The third-order valence-electron chi connectivity index (χ3n) is 3.14. The number of aliphatic hydroxyl groups is 1. The Morgan fingerprint density at radius 2 is 2.39 bits per heavy atom. The van der Waals surface area contributed by atoms with Crippen molar-refractivity contribution in [2.24, 2.45) is 0 Å². The number of carbonyl (C=O) groups is 1. The maximum atomic E-state index is 11.8. The average Bonchev–Trinajstić information content (AvgIpc) is 2.74. The van der Waals surface area contributed by atoms with E-state index in [1.807, 2.05) is 31.2 Å². The van der Waals surface area contributed by atoms with Crippen molar-refractivity contribution in [3.05, 3.63) is 35.4 Å². The van der Waals surface area contributed by atoms with Crippen LogP contribution in [-0.2, 0) is 16.0 Å². The van der Waals surface area contributed by atoms with E-state index in [2.05, 4.69) is 5.32 Å². The van der Waals surface area contributed by atoms with E-state index < -0.39 is 5.60 Å². The standard InChI is InChI=1S/C14H19NO3/c1-11-3-2-4-12(7-11)8-13(16)15-9-14(17)5-6-18-10-14/h2-4,7,17H,5-6,8-10H2,1H3,(H,15,16)/t14-/m0/s1. The van der Waals surface area contributed by atoms with Crippen LogP contribution in [0.1, 0.15) is 17.5 Å². The molecule has 1 atom stereocenters. The van der Waals surface area contributed by atoms with Gasteiger partial charge in [-0.25, -0.2) is 0 Å². The summed E-state index contributed by atoms with van der Waals surface area (Å²) in [5.41, 5.74) is 1.24. The fraction of sp³-hybridized carbons (Fsp3) is 0.500. The molecule has 0 spiro atoms. The highest BCUT2D eigenvalue weighted by atomic mass is 16.5. The molecule has 1 amide bonds. The third kappa shape index (κ3) is 3.55. The molecule has 0 saturated carbocycles. The summed E-state index contributed by atoms with van der Waals surface area (Å²) in [6, 6.07) is 7.86. The number of hydrogen-bond donors (Lipinski definition) is 2. The Balaban J connectivity index is 1.82. The van der Waals surface area contributed by atoms with Gasteiger partial charge in [0.15, 0.2) is 0 Å². The van der Waals surface area contributed by atoms with Crippen molar-refractivity contribution < 1.29 is 14.6 Å². The highest BCUT2D eigenvalue weighted by molar-refractivity contribution is 5.78. The van der Waals surface area contributed by atoms with Crippen molar-refractivity contribution in [3.8, 4) is 0 Å². The first-order valence-corrected chi connectivity index (χ1v) is 6.20. The van der Waals surface area contributed by atoms with Crippen LogP contribution in [-0.4, -0.2) is 36.4 Å². The summed E-state index contributed by atoms with van der Waals surface area (Å²) in [6.45, 7) is 3.12. The van der Waals surface area contributed by atoms with Crippen LogP contribution >= 0.6 is 0 Å². The van der Waals surface area contributed by atoms with Crippen molar-refractivity contribution in [3.63, 3.8) is 0 Å². The van der Waals surface area contributed by atoms with E-state index in [0.717, 1.165) is 11.1 Å². The lowest BCUT2D eigenvalue weighted by Crippen LogP contribution is -2.43. The summed E-state index contributed by atoms with van der Waals surface area (Å²) < 4.78 is 5.13. The van der Waals surface area contributed by atoms with E-state index in [4.69, 9.17) is 4.74 Å². The van der Waals surface area contributed by atoms with Crippen LogP contribution in [0.4, 0.5) is 0 Å². The number of rotatable bonds is 4. The van der Waals surface area contributed by atoms with Crippen LogP contribution in [0, 0.1) is 6.92 Å². The second-order valence-corrected chi connectivity index (χ2v) is 4.97. The summed E-state index contributed by atoms with van der Waals surface area (Å²) in [5, 5.41) is 12.8. The zero-order valence-corrected chi connectivity index (χ0v) is 10.6. The molecule has 0 aromatic heterocycles. The van der Waals surface area contributed by atoms with Gasteiger partial charge >= 0.3 is 0 Å². The number of amides is 1. The molecule has 2 rings (SSSR count). The molecule has 18 heavy (non-hydrogen) atoms. The Morgan fingerprint density at radius 1 is 1.56 bits per heavy atom. The number of hydrogen-bond acceptors (Lipinski definition) is 3. The van der Waals surface area contributed by atoms with E-state index >= 15 is 0 Å². The average molecular weight is 249 g/mol. The molecule has 1 heterocycles. The zero-order valence-electron chi connectivity index (χ0n) is 10.6. The quantitative estimate of drug-likeness (QED) is 0.830. The van der Waals surface area contributed by atoms with Gasteiger partial charge in [-0.1, -0.05) is 29.8 Å². The van der Waals surface area contributed by atoms with Gasteiger partial charge < -0.3 is 15.2 Å². The molecule has 4 nitrogen and oxygen atoms in total. The molecule has 1 aromatic rings. The second kappa shape index (κ2) is 5.50. The molecule has 0 unspecified atom stereocenters. The molecule has 1 aliphatic heterocycles. The lowest BCUT2D eigenvalue weighted by atomic mass is 10.0. The van der Waals surface area contributed by atoms with Gasteiger partial charge in [0.1, 0.15) is 5.60 Å². The van der Waals surface area contributed by atoms with Crippen molar-refractivity contribution in [1.29, 1.82) is 0 Å². The summed E-state index contributed by atoms with van der Waals surface area (Å²) >= 11 is 0. The molecule has 1 saturated heterocycles. The maximum absolute atomic E-state index is 11.8. The number of benzene rings is 1. The van der Waals surface area contributed by atoms with Crippen LogP contribution in [0.3, 0.4) is 0 Å². The predicted molar refractivity (Wildman–Crippen MR) is 68.3 cm³/mol. The molecule has 0 radical (unpaired) electrons. The van der Waals surface area contributed by atoms with Crippen LogP contribution in [0.2, 0.25) is 0 Å². The highest BCUT2D eigenvalue weighted by Crippen LogP contribution is 2.16. The van der Waals surface area contributed by atoms with E-state index in [0.29, 0.717) is 26.1 Å². The molecule has 4 heteroatoms. The summed E-state index contributed by atoms with van der Waals surface area (Å²) in [7, 11) is 0. The van der Waals surface area contributed by atoms with Crippen molar-refractivity contribution in [1.82, 2.24) is 5.32 Å². The van der Waals surface area contributed by atoms with Gasteiger partial charge in [0.05, 0.1) is 13.0 Å². The van der Waals surface area contributed by atoms with Crippen molar-refractivity contribution in [2.45, 2.75) is 25.4 Å². The zero-order chi connectivity index (χ0) is 13.0. The Labute approximate surface area is 107 Å². The highest BCUT2D eigenvalue weighted by Gasteiger charge is 2.32. The number of aryl methyl sites for hydroxylation is 1. The van der Waals surface area contributed by atoms with Gasteiger partial charge in [-0.2, -0.15) is 0 Å². The lowest BCUT2D eigenvalue weighted by molar-refractivity contribution is -0.121. The Morgan fingerprint density at radius 3 is 3.06 bits per heavy atom. The Bertz CT molecular complexity index is 425. The number of ether oxygens (including phenoxy) is 1. The molecule has 1 fully saturated rings. The molecule has 2 N–H and O–H groups in total. The molecular formula is C14H19NO3. The second-order valence-electron chi connectivity index (χ2n) is 4.97. The van der Waals surface area contributed by atoms with Crippen LogP contribution < -0.4 is 5.32 Å².